The standard InChI is InChI=1S/C20H26N2O5S/c1-4-22-15(2)13-19(16(22)3)20(23)14-27-17-5-7-18(8-6-17)28(24,25)21-9-11-26-12-10-21/h5-8,13H,4,9-12,14H2,1-3H3. The molecule has 0 radical (unpaired) electrons. The molecule has 1 fully saturated rings. The average molecular weight is 407 g/mol. The molecule has 0 bridgehead atoms. The van der Waals surface area contributed by atoms with Crippen LogP contribution in [-0.4, -0.2) is 56.0 Å². The Balaban J connectivity index is 1.65. The van der Waals surface area contributed by atoms with Crippen molar-refractivity contribution in [3.8, 4) is 5.75 Å². The molecule has 2 heterocycles. The molecule has 7 nitrogen and oxygen atoms in total. The van der Waals surface area contributed by atoms with Crippen LogP contribution in [0.2, 0.25) is 0 Å². The summed E-state index contributed by atoms with van der Waals surface area (Å²) in [7, 11) is -3.54. The van der Waals surface area contributed by atoms with Gasteiger partial charge in [-0.05, 0) is 51.1 Å². The Bertz CT molecular complexity index is 942. The van der Waals surface area contributed by atoms with E-state index < -0.39 is 10.0 Å². The number of nitrogens with zero attached hydrogens (tertiary/aromatic N) is 2. The number of morpholine rings is 1. The molecule has 1 aliphatic heterocycles. The highest BCUT2D eigenvalue weighted by Crippen LogP contribution is 2.21. The van der Waals surface area contributed by atoms with E-state index >= 15 is 0 Å². The van der Waals surface area contributed by atoms with E-state index in [1.54, 1.807) is 12.1 Å². The summed E-state index contributed by atoms with van der Waals surface area (Å²) in [5.41, 5.74) is 2.63. The summed E-state index contributed by atoms with van der Waals surface area (Å²) in [6.07, 6.45) is 0. The van der Waals surface area contributed by atoms with E-state index in [2.05, 4.69) is 4.57 Å². The van der Waals surface area contributed by atoms with E-state index in [1.807, 2.05) is 26.8 Å². The van der Waals surface area contributed by atoms with Gasteiger partial charge in [-0.25, -0.2) is 8.42 Å². The second-order valence-electron chi connectivity index (χ2n) is 6.73. The Morgan fingerprint density at radius 1 is 1.14 bits per heavy atom. The third kappa shape index (κ3) is 4.14. The zero-order valence-corrected chi connectivity index (χ0v) is 17.3. The molecule has 1 aromatic heterocycles. The van der Waals surface area contributed by atoms with Gasteiger partial charge in [0.05, 0.1) is 18.1 Å². The molecule has 3 rings (SSSR count). The molecule has 0 atom stereocenters. The summed E-state index contributed by atoms with van der Waals surface area (Å²) in [4.78, 5) is 12.7. The van der Waals surface area contributed by atoms with Crippen LogP contribution < -0.4 is 4.74 Å². The van der Waals surface area contributed by atoms with Crippen LogP contribution in [-0.2, 0) is 21.3 Å². The highest BCUT2D eigenvalue weighted by molar-refractivity contribution is 7.89. The fourth-order valence-corrected chi connectivity index (χ4v) is 4.85. The van der Waals surface area contributed by atoms with Gasteiger partial charge in [-0.2, -0.15) is 4.31 Å². The van der Waals surface area contributed by atoms with E-state index in [0.29, 0.717) is 37.6 Å². The number of carbonyl (C=O) groups is 1. The number of Topliss-reactive ketones (excluding diaryl/α,β-unsaturated/α-hetero) is 1. The van der Waals surface area contributed by atoms with Crippen molar-refractivity contribution in [1.82, 2.24) is 8.87 Å². The van der Waals surface area contributed by atoms with E-state index in [-0.39, 0.29) is 17.3 Å². The number of carbonyl (C=O) groups excluding carboxylic acids is 1. The first-order chi connectivity index (χ1) is 13.3. The normalized spacial score (nSPS) is 15.5. The first-order valence-electron chi connectivity index (χ1n) is 9.35. The fourth-order valence-electron chi connectivity index (χ4n) is 3.44. The second kappa shape index (κ2) is 8.46. The molecule has 0 N–H and O–H groups in total. The molecule has 152 valence electrons. The Kier molecular flexibility index (Phi) is 6.22. The minimum Gasteiger partial charge on any atom is -0.485 e. The van der Waals surface area contributed by atoms with Crippen LogP contribution in [0.1, 0.15) is 28.7 Å². The highest BCUT2D eigenvalue weighted by Gasteiger charge is 2.26. The van der Waals surface area contributed by atoms with Gasteiger partial charge in [-0.3, -0.25) is 4.79 Å². The van der Waals surface area contributed by atoms with Gasteiger partial charge in [0.1, 0.15) is 5.75 Å². The van der Waals surface area contributed by atoms with Gasteiger partial charge in [0.2, 0.25) is 15.8 Å². The van der Waals surface area contributed by atoms with Crippen molar-refractivity contribution in [3.05, 3.63) is 47.3 Å². The molecule has 0 aliphatic carbocycles. The molecular formula is C20H26N2O5S. The first kappa shape index (κ1) is 20.6. The lowest BCUT2D eigenvalue weighted by Crippen LogP contribution is -2.40. The van der Waals surface area contributed by atoms with E-state index in [4.69, 9.17) is 9.47 Å². The summed E-state index contributed by atoms with van der Waals surface area (Å²) in [6, 6.07) is 8.05. The Morgan fingerprint density at radius 2 is 1.79 bits per heavy atom. The first-order valence-corrected chi connectivity index (χ1v) is 10.8. The van der Waals surface area contributed by atoms with Gasteiger partial charge >= 0.3 is 0 Å². The molecule has 0 unspecified atom stereocenters. The van der Waals surface area contributed by atoms with Crippen LogP contribution in [0.25, 0.3) is 0 Å². The van der Waals surface area contributed by atoms with Crippen LogP contribution in [0.5, 0.6) is 5.75 Å². The van der Waals surface area contributed by atoms with Crippen LogP contribution in [0.3, 0.4) is 0 Å². The van der Waals surface area contributed by atoms with Crippen LogP contribution in [0, 0.1) is 13.8 Å². The average Bonchev–Trinajstić information content (AvgIpc) is 3.00. The lowest BCUT2D eigenvalue weighted by molar-refractivity contribution is 0.0730. The smallest absolute Gasteiger partial charge is 0.243 e. The quantitative estimate of drug-likeness (QED) is 0.660. The largest absolute Gasteiger partial charge is 0.485 e. The number of benzene rings is 1. The van der Waals surface area contributed by atoms with Crippen LogP contribution in [0.4, 0.5) is 0 Å². The van der Waals surface area contributed by atoms with Crippen LogP contribution in [0.15, 0.2) is 35.2 Å². The summed E-state index contributed by atoms with van der Waals surface area (Å²) < 4.78 is 39.5. The van der Waals surface area contributed by atoms with Crippen molar-refractivity contribution in [3.63, 3.8) is 0 Å². The Hall–Kier alpha value is -2.16. The minimum absolute atomic E-state index is 0.0937. The number of aryl methyl sites for hydroxylation is 1. The van der Waals surface area contributed by atoms with Crippen molar-refractivity contribution in [1.29, 1.82) is 0 Å². The van der Waals surface area contributed by atoms with Crippen molar-refractivity contribution in [2.75, 3.05) is 32.9 Å². The number of aromatic nitrogens is 1. The zero-order chi connectivity index (χ0) is 20.3. The SMILES string of the molecule is CCn1c(C)cc(C(=O)COc2ccc(S(=O)(=O)N3CCOCC3)cc2)c1C. The molecule has 0 spiro atoms. The van der Waals surface area contributed by atoms with E-state index in [0.717, 1.165) is 17.9 Å². The van der Waals surface area contributed by atoms with E-state index in [1.165, 1.54) is 16.4 Å². The van der Waals surface area contributed by atoms with Crippen molar-refractivity contribution >= 4 is 15.8 Å². The van der Waals surface area contributed by atoms with E-state index in [9.17, 15) is 13.2 Å². The molecule has 1 aromatic carbocycles. The Morgan fingerprint density at radius 3 is 2.36 bits per heavy atom. The number of ether oxygens (including phenoxy) is 2. The summed E-state index contributed by atoms with van der Waals surface area (Å²) >= 11 is 0. The molecule has 2 aromatic rings. The summed E-state index contributed by atoms with van der Waals surface area (Å²) in [6.45, 7) is 8.17. The second-order valence-corrected chi connectivity index (χ2v) is 8.67. The predicted octanol–water partition coefficient (Wildman–Crippen LogP) is 2.41. The number of rotatable bonds is 7. The maximum Gasteiger partial charge on any atom is 0.243 e. The molecule has 28 heavy (non-hydrogen) atoms. The van der Waals surface area contributed by atoms with Gasteiger partial charge in [-0.15, -0.1) is 0 Å². The number of ketones is 1. The topological polar surface area (TPSA) is 77.8 Å². The lowest BCUT2D eigenvalue weighted by atomic mass is 10.1. The monoisotopic (exact) mass is 406 g/mol. The maximum absolute atomic E-state index is 12.6. The van der Waals surface area contributed by atoms with Crippen molar-refractivity contribution in [2.24, 2.45) is 0 Å². The molecule has 8 heteroatoms. The minimum atomic E-state index is -3.54. The van der Waals surface area contributed by atoms with Crippen molar-refractivity contribution in [2.45, 2.75) is 32.2 Å². The Labute approximate surface area is 165 Å². The van der Waals surface area contributed by atoms with Crippen LogP contribution >= 0.6 is 0 Å². The van der Waals surface area contributed by atoms with Gasteiger partial charge in [0.15, 0.2) is 6.61 Å². The fraction of sp³-hybridized carbons (Fsp3) is 0.450. The molecule has 1 aliphatic rings. The zero-order valence-electron chi connectivity index (χ0n) is 16.5. The summed E-state index contributed by atoms with van der Waals surface area (Å²) in [5.74, 6) is 0.358. The molecule has 0 saturated carbocycles. The van der Waals surface area contributed by atoms with Crippen molar-refractivity contribution < 1.29 is 22.7 Å². The highest BCUT2D eigenvalue weighted by atomic mass is 32.2. The molecule has 0 amide bonds. The number of hydrogen-bond acceptors (Lipinski definition) is 5. The van der Waals surface area contributed by atoms with Gasteiger partial charge in [0.25, 0.3) is 0 Å². The number of hydrogen-bond donors (Lipinski definition) is 0. The predicted molar refractivity (Wildman–Crippen MR) is 105 cm³/mol. The third-order valence-electron chi connectivity index (χ3n) is 4.99. The van der Waals surface area contributed by atoms with Gasteiger partial charge < -0.3 is 14.0 Å². The molecular weight excluding hydrogens is 380 g/mol. The number of sulfonamides is 1. The maximum atomic E-state index is 12.6. The third-order valence-corrected chi connectivity index (χ3v) is 6.90. The molecule has 1 saturated heterocycles. The van der Waals surface area contributed by atoms with Gasteiger partial charge in [0, 0.05) is 36.6 Å². The lowest BCUT2D eigenvalue weighted by Gasteiger charge is -2.26. The van der Waals surface area contributed by atoms with Gasteiger partial charge in [-0.1, -0.05) is 0 Å². The summed E-state index contributed by atoms with van der Waals surface area (Å²) in [5, 5.41) is 0.